The maximum Gasteiger partial charge on any atom is 0.303 e. The van der Waals surface area contributed by atoms with Crippen LogP contribution in [-0.2, 0) is 19.6 Å². The predicted octanol–water partition coefficient (Wildman–Crippen LogP) is 3.58. The average molecular weight is 378 g/mol. The van der Waals surface area contributed by atoms with Crippen LogP contribution in [0.2, 0.25) is 0 Å². The summed E-state index contributed by atoms with van der Waals surface area (Å²) in [6, 6.07) is 6.82. The number of hydrogen-bond donors (Lipinski definition) is 0. The van der Waals surface area contributed by atoms with Crippen LogP contribution in [0.4, 0.5) is 0 Å². The third-order valence-corrected chi connectivity index (χ3v) is 7.07. The molecule has 0 saturated carbocycles. The van der Waals surface area contributed by atoms with Crippen LogP contribution in [0.25, 0.3) is 0 Å². The SMILES string of the molecule is CC(=O)OC1CCCCCCC2C=C1CN2S(=O)(=O)c1ccc(C)cc1. The van der Waals surface area contributed by atoms with Gasteiger partial charge in [-0.2, -0.15) is 4.31 Å². The standard InChI is InChI=1S/C20H27NO4S/c1-15-9-11-19(12-10-15)26(23,24)21-14-17-13-18(21)7-5-3-4-6-8-20(17)25-16(2)22/h9-13,18,20H,3-8,14H2,1-2H3. The summed E-state index contributed by atoms with van der Waals surface area (Å²) < 4.78 is 33.5. The molecule has 1 aliphatic heterocycles. The number of carbonyl (C=O) groups is 1. The van der Waals surface area contributed by atoms with Crippen molar-refractivity contribution in [3.05, 3.63) is 41.5 Å². The Morgan fingerprint density at radius 2 is 1.73 bits per heavy atom. The van der Waals surface area contributed by atoms with E-state index in [2.05, 4.69) is 0 Å². The molecule has 0 amide bonds. The quantitative estimate of drug-likeness (QED) is 0.597. The van der Waals surface area contributed by atoms with Crippen molar-refractivity contribution >= 4 is 16.0 Å². The van der Waals surface area contributed by atoms with Crippen LogP contribution in [-0.4, -0.2) is 37.4 Å². The highest BCUT2D eigenvalue weighted by molar-refractivity contribution is 7.89. The number of rotatable bonds is 3. The Labute approximate surface area is 156 Å². The number of carbonyl (C=O) groups excluding carboxylic acids is 1. The first-order valence-electron chi connectivity index (χ1n) is 9.34. The fraction of sp³-hybridized carbons (Fsp3) is 0.550. The minimum Gasteiger partial charge on any atom is -0.458 e. The number of nitrogens with zero attached hydrogens (tertiary/aromatic N) is 1. The van der Waals surface area contributed by atoms with Crippen molar-refractivity contribution in [2.75, 3.05) is 6.54 Å². The van der Waals surface area contributed by atoms with Gasteiger partial charge in [0.15, 0.2) is 0 Å². The van der Waals surface area contributed by atoms with Gasteiger partial charge in [0.25, 0.3) is 0 Å². The summed E-state index contributed by atoms with van der Waals surface area (Å²) in [5.74, 6) is -0.315. The van der Waals surface area contributed by atoms with Gasteiger partial charge in [0.05, 0.1) is 4.90 Å². The van der Waals surface area contributed by atoms with Crippen LogP contribution in [0.5, 0.6) is 0 Å². The van der Waals surface area contributed by atoms with E-state index in [9.17, 15) is 13.2 Å². The van der Waals surface area contributed by atoms with Gasteiger partial charge in [-0.1, -0.05) is 43.0 Å². The second-order valence-electron chi connectivity index (χ2n) is 7.26. The highest BCUT2D eigenvalue weighted by Gasteiger charge is 2.38. The van der Waals surface area contributed by atoms with Crippen LogP contribution in [0.3, 0.4) is 0 Å². The summed E-state index contributed by atoms with van der Waals surface area (Å²) in [5, 5.41) is 0. The molecule has 142 valence electrons. The van der Waals surface area contributed by atoms with Gasteiger partial charge in [-0.05, 0) is 43.9 Å². The number of ether oxygens (including phenoxy) is 1. The molecule has 26 heavy (non-hydrogen) atoms. The van der Waals surface area contributed by atoms with Gasteiger partial charge in [0, 0.05) is 19.5 Å². The van der Waals surface area contributed by atoms with E-state index in [1.54, 1.807) is 16.4 Å². The molecule has 3 rings (SSSR count). The molecule has 2 bridgehead atoms. The third-order valence-electron chi connectivity index (χ3n) is 5.18. The van der Waals surface area contributed by atoms with Crippen molar-refractivity contribution in [2.45, 2.75) is 69.4 Å². The van der Waals surface area contributed by atoms with Crippen molar-refractivity contribution in [2.24, 2.45) is 0 Å². The maximum atomic E-state index is 13.2. The number of aryl methyl sites for hydroxylation is 1. The lowest BCUT2D eigenvalue weighted by atomic mass is 9.99. The highest BCUT2D eigenvalue weighted by Crippen LogP contribution is 2.33. The Morgan fingerprint density at radius 3 is 2.38 bits per heavy atom. The van der Waals surface area contributed by atoms with Gasteiger partial charge in [0.1, 0.15) is 6.10 Å². The summed E-state index contributed by atoms with van der Waals surface area (Å²) >= 11 is 0. The van der Waals surface area contributed by atoms with Crippen molar-refractivity contribution in [1.29, 1.82) is 0 Å². The Kier molecular flexibility index (Phi) is 5.82. The van der Waals surface area contributed by atoms with Crippen molar-refractivity contribution in [1.82, 2.24) is 4.31 Å². The largest absolute Gasteiger partial charge is 0.458 e. The van der Waals surface area contributed by atoms with E-state index in [0.717, 1.165) is 49.7 Å². The molecule has 1 aromatic carbocycles. The van der Waals surface area contributed by atoms with Crippen molar-refractivity contribution < 1.29 is 17.9 Å². The molecule has 0 N–H and O–H groups in total. The fourth-order valence-corrected chi connectivity index (χ4v) is 5.38. The van der Waals surface area contributed by atoms with Crippen molar-refractivity contribution in [3.8, 4) is 0 Å². The molecule has 0 fully saturated rings. The summed E-state index contributed by atoms with van der Waals surface area (Å²) in [6.45, 7) is 3.65. The zero-order valence-corrected chi connectivity index (χ0v) is 16.3. The molecule has 5 nitrogen and oxygen atoms in total. The molecule has 1 aliphatic carbocycles. The lowest BCUT2D eigenvalue weighted by molar-refractivity contribution is -0.144. The zero-order chi connectivity index (χ0) is 18.7. The number of benzene rings is 1. The Morgan fingerprint density at radius 1 is 1.08 bits per heavy atom. The second-order valence-corrected chi connectivity index (χ2v) is 9.15. The monoisotopic (exact) mass is 377 g/mol. The zero-order valence-electron chi connectivity index (χ0n) is 15.5. The first kappa shape index (κ1) is 19.1. The van der Waals surface area contributed by atoms with Gasteiger partial charge in [-0.15, -0.1) is 0 Å². The van der Waals surface area contributed by atoms with E-state index in [1.807, 2.05) is 25.1 Å². The molecule has 1 heterocycles. The maximum absolute atomic E-state index is 13.2. The first-order valence-corrected chi connectivity index (χ1v) is 10.8. The summed E-state index contributed by atoms with van der Waals surface area (Å²) in [7, 11) is -3.58. The minimum absolute atomic E-state index is 0.160. The second kappa shape index (κ2) is 7.92. The van der Waals surface area contributed by atoms with Crippen LogP contribution >= 0.6 is 0 Å². The summed E-state index contributed by atoms with van der Waals surface area (Å²) in [6.07, 6.45) is 7.43. The molecule has 1 aromatic rings. The van der Waals surface area contributed by atoms with Gasteiger partial charge in [0.2, 0.25) is 10.0 Å². The molecule has 0 radical (unpaired) electrons. The lowest BCUT2D eigenvalue weighted by Gasteiger charge is -2.24. The van der Waals surface area contributed by atoms with E-state index >= 15 is 0 Å². The van der Waals surface area contributed by atoms with Gasteiger partial charge in [-0.3, -0.25) is 4.79 Å². The van der Waals surface area contributed by atoms with Gasteiger partial charge >= 0.3 is 5.97 Å². The van der Waals surface area contributed by atoms with E-state index in [4.69, 9.17) is 4.74 Å². The minimum atomic E-state index is -3.58. The van der Waals surface area contributed by atoms with Crippen LogP contribution in [0.15, 0.2) is 40.8 Å². The summed E-state index contributed by atoms with van der Waals surface area (Å²) in [4.78, 5) is 11.8. The highest BCUT2D eigenvalue weighted by atomic mass is 32.2. The molecular formula is C20H27NO4S. The number of fused-ring (bicyclic) bond motifs is 1. The Balaban J connectivity index is 1.89. The van der Waals surface area contributed by atoms with Crippen molar-refractivity contribution in [3.63, 3.8) is 0 Å². The van der Waals surface area contributed by atoms with Crippen LogP contribution < -0.4 is 0 Å². The molecule has 0 spiro atoms. The van der Waals surface area contributed by atoms with Crippen LogP contribution in [0.1, 0.15) is 51.0 Å². The summed E-state index contributed by atoms with van der Waals surface area (Å²) in [5.41, 5.74) is 1.95. The third kappa shape index (κ3) is 4.18. The number of hydrogen-bond acceptors (Lipinski definition) is 4. The normalized spacial score (nSPS) is 24.8. The molecule has 2 atom stereocenters. The van der Waals surface area contributed by atoms with E-state index < -0.39 is 10.0 Å². The average Bonchev–Trinajstić information content (AvgIpc) is 3.01. The van der Waals surface area contributed by atoms with E-state index in [1.165, 1.54) is 6.92 Å². The smallest absolute Gasteiger partial charge is 0.303 e. The topological polar surface area (TPSA) is 63.7 Å². The van der Waals surface area contributed by atoms with E-state index in [-0.39, 0.29) is 18.1 Å². The van der Waals surface area contributed by atoms with Crippen LogP contribution in [0, 0.1) is 6.92 Å². The molecule has 2 unspecified atom stereocenters. The Bertz CT molecular complexity index is 783. The fourth-order valence-electron chi connectivity index (χ4n) is 3.78. The molecule has 0 saturated heterocycles. The lowest BCUT2D eigenvalue weighted by Crippen LogP contribution is -2.37. The van der Waals surface area contributed by atoms with E-state index in [0.29, 0.717) is 11.4 Å². The molecule has 2 aliphatic rings. The number of esters is 1. The predicted molar refractivity (Wildman–Crippen MR) is 100 cm³/mol. The van der Waals surface area contributed by atoms with Gasteiger partial charge < -0.3 is 4.74 Å². The molecular weight excluding hydrogens is 350 g/mol. The molecule has 6 heteroatoms. The first-order chi connectivity index (χ1) is 12.4. The Hall–Kier alpha value is -1.66. The molecule has 0 aromatic heterocycles. The van der Waals surface area contributed by atoms with Gasteiger partial charge in [-0.25, -0.2) is 8.42 Å². The number of sulfonamides is 1.